The summed E-state index contributed by atoms with van der Waals surface area (Å²) in [5.74, 6) is 0.334. The van der Waals surface area contributed by atoms with Gasteiger partial charge in [0.1, 0.15) is 0 Å². The first-order valence-electron chi connectivity index (χ1n) is 5.02. The molecule has 3 aromatic rings. The zero-order valence-corrected chi connectivity index (χ0v) is 8.75. The molecule has 0 radical (unpaired) electrons. The van der Waals surface area contributed by atoms with Gasteiger partial charge in [0.2, 0.25) is 0 Å². The molecule has 1 aromatic carbocycles. The van der Waals surface area contributed by atoms with Gasteiger partial charge in [0.05, 0.1) is 6.21 Å². The SMILES string of the molecule is C(=NNc1nn[nH]n1)c1c[nH]c2ccccc12. The Balaban J connectivity index is 1.83. The Morgan fingerprint density at radius 3 is 3.12 bits per heavy atom. The van der Waals surface area contributed by atoms with E-state index in [2.05, 4.69) is 36.1 Å². The average Bonchev–Trinajstić information content (AvgIpc) is 2.99. The fourth-order valence-electron chi connectivity index (χ4n) is 1.57. The summed E-state index contributed by atoms with van der Waals surface area (Å²) in [6, 6.07) is 8.01. The number of tetrazole rings is 1. The van der Waals surface area contributed by atoms with Crippen LogP contribution in [0, 0.1) is 0 Å². The van der Waals surface area contributed by atoms with Crippen LogP contribution in [0.5, 0.6) is 0 Å². The largest absolute Gasteiger partial charge is 0.361 e. The van der Waals surface area contributed by atoms with Gasteiger partial charge in [0.15, 0.2) is 0 Å². The first kappa shape index (κ1) is 9.52. The van der Waals surface area contributed by atoms with Crippen molar-refractivity contribution in [2.24, 2.45) is 5.10 Å². The summed E-state index contributed by atoms with van der Waals surface area (Å²) >= 11 is 0. The number of para-hydroxylation sites is 1. The summed E-state index contributed by atoms with van der Waals surface area (Å²) in [6.07, 6.45) is 3.60. The van der Waals surface area contributed by atoms with Gasteiger partial charge in [-0.1, -0.05) is 23.3 Å². The molecule has 0 aliphatic rings. The molecule has 17 heavy (non-hydrogen) atoms. The van der Waals surface area contributed by atoms with Crippen LogP contribution < -0.4 is 5.43 Å². The predicted molar refractivity (Wildman–Crippen MR) is 63.7 cm³/mol. The number of benzene rings is 1. The van der Waals surface area contributed by atoms with Crippen molar-refractivity contribution in [2.45, 2.75) is 0 Å². The van der Waals surface area contributed by atoms with Crippen molar-refractivity contribution in [3.8, 4) is 0 Å². The Bertz CT molecular complexity index is 638. The van der Waals surface area contributed by atoms with Crippen LogP contribution in [0.1, 0.15) is 5.56 Å². The summed E-state index contributed by atoms with van der Waals surface area (Å²) in [7, 11) is 0. The monoisotopic (exact) mass is 227 g/mol. The Labute approximate surface area is 95.9 Å². The number of aromatic amines is 2. The maximum absolute atomic E-state index is 4.03. The molecule has 3 rings (SSSR count). The van der Waals surface area contributed by atoms with Crippen molar-refractivity contribution in [3.05, 3.63) is 36.0 Å². The third-order valence-corrected chi connectivity index (χ3v) is 2.33. The van der Waals surface area contributed by atoms with Crippen molar-refractivity contribution in [1.82, 2.24) is 25.6 Å². The number of aromatic nitrogens is 5. The van der Waals surface area contributed by atoms with Crippen LogP contribution >= 0.6 is 0 Å². The van der Waals surface area contributed by atoms with E-state index in [0.29, 0.717) is 5.95 Å². The normalized spacial score (nSPS) is 11.3. The molecule has 0 aliphatic carbocycles. The van der Waals surface area contributed by atoms with E-state index in [4.69, 9.17) is 0 Å². The van der Waals surface area contributed by atoms with E-state index in [0.717, 1.165) is 16.5 Å². The number of nitrogens with one attached hydrogen (secondary N) is 3. The zero-order valence-electron chi connectivity index (χ0n) is 8.75. The van der Waals surface area contributed by atoms with E-state index in [1.165, 1.54) is 0 Å². The second-order valence-corrected chi connectivity index (χ2v) is 3.40. The molecule has 0 spiro atoms. The van der Waals surface area contributed by atoms with Crippen molar-refractivity contribution < 1.29 is 0 Å². The predicted octanol–water partition coefficient (Wildman–Crippen LogP) is 1.13. The minimum Gasteiger partial charge on any atom is -0.361 e. The van der Waals surface area contributed by atoms with Gasteiger partial charge in [-0.25, -0.2) is 5.43 Å². The van der Waals surface area contributed by atoms with Gasteiger partial charge < -0.3 is 4.98 Å². The third kappa shape index (κ3) is 1.85. The summed E-state index contributed by atoms with van der Waals surface area (Å²) < 4.78 is 0. The number of fused-ring (bicyclic) bond motifs is 1. The van der Waals surface area contributed by atoms with Gasteiger partial charge in [-0.3, -0.25) is 0 Å². The lowest BCUT2D eigenvalue weighted by molar-refractivity contribution is 0.881. The van der Waals surface area contributed by atoms with Crippen LogP contribution in [-0.2, 0) is 0 Å². The molecule has 2 aromatic heterocycles. The summed E-state index contributed by atoms with van der Waals surface area (Å²) in [5, 5.41) is 18.3. The number of nitrogens with zero attached hydrogens (tertiary/aromatic N) is 4. The molecule has 3 N–H and O–H groups in total. The topological polar surface area (TPSA) is 94.6 Å². The van der Waals surface area contributed by atoms with Crippen molar-refractivity contribution in [3.63, 3.8) is 0 Å². The van der Waals surface area contributed by atoms with Gasteiger partial charge in [-0.05, 0) is 11.3 Å². The number of hydrazone groups is 1. The number of anilines is 1. The van der Waals surface area contributed by atoms with E-state index >= 15 is 0 Å². The summed E-state index contributed by atoms with van der Waals surface area (Å²) in [5.41, 5.74) is 4.74. The van der Waals surface area contributed by atoms with Gasteiger partial charge in [-0.2, -0.15) is 10.3 Å². The molecule has 0 fully saturated rings. The molecule has 84 valence electrons. The molecule has 0 atom stereocenters. The molecule has 0 saturated heterocycles. The molecule has 0 saturated carbocycles. The third-order valence-electron chi connectivity index (χ3n) is 2.33. The van der Waals surface area contributed by atoms with Crippen LogP contribution in [0.15, 0.2) is 35.6 Å². The van der Waals surface area contributed by atoms with Crippen LogP contribution in [0.25, 0.3) is 10.9 Å². The summed E-state index contributed by atoms with van der Waals surface area (Å²) in [4.78, 5) is 3.16. The molecular weight excluding hydrogens is 218 g/mol. The maximum Gasteiger partial charge on any atom is 0.283 e. The van der Waals surface area contributed by atoms with Gasteiger partial charge >= 0.3 is 0 Å². The van der Waals surface area contributed by atoms with Crippen LogP contribution in [0.3, 0.4) is 0 Å². The molecule has 7 nitrogen and oxygen atoms in total. The minimum atomic E-state index is 0.334. The first-order chi connectivity index (χ1) is 8.43. The molecule has 0 unspecified atom stereocenters. The second-order valence-electron chi connectivity index (χ2n) is 3.40. The lowest BCUT2D eigenvalue weighted by Gasteiger charge is -1.91. The van der Waals surface area contributed by atoms with Crippen LogP contribution in [0.2, 0.25) is 0 Å². The van der Waals surface area contributed by atoms with Gasteiger partial charge in [0.25, 0.3) is 5.95 Å². The molecular formula is C10H9N7. The lowest BCUT2D eigenvalue weighted by Crippen LogP contribution is -1.92. The van der Waals surface area contributed by atoms with E-state index in [1.807, 2.05) is 30.5 Å². The van der Waals surface area contributed by atoms with Gasteiger partial charge in [0, 0.05) is 22.7 Å². The highest BCUT2D eigenvalue weighted by molar-refractivity contribution is 5.99. The molecule has 7 heteroatoms. The number of rotatable bonds is 3. The number of H-pyrrole nitrogens is 2. The van der Waals surface area contributed by atoms with Crippen molar-refractivity contribution in [1.29, 1.82) is 0 Å². The highest BCUT2D eigenvalue weighted by Crippen LogP contribution is 2.15. The van der Waals surface area contributed by atoms with E-state index in [-0.39, 0.29) is 0 Å². The van der Waals surface area contributed by atoms with Crippen LogP contribution in [0.4, 0.5) is 5.95 Å². The minimum absolute atomic E-state index is 0.334. The van der Waals surface area contributed by atoms with E-state index < -0.39 is 0 Å². The molecule has 0 aliphatic heterocycles. The molecule has 0 bridgehead atoms. The zero-order chi connectivity index (χ0) is 11.5. The van der Waals surface area contributed by atoms with Crippen molar-refractivity contribution in [2.75, 3.05) is 5.43 Å². The Morgan fingerprint density at radius 2 is 2.24 bits per heavy atom. The van der Waals surface area contributed by atoms with E-state index in [9.17, 15) is 0 Å². The number of hydrogen-bond acceptors (Lipinski definition) is 5. The molecule has 0 amide bonds. The highest BCUT2D eigenvalue weighted by Gasteiger charge is 1.99. The Kier molecular flexibility index (Phi) is 2.27. The average molecular weight is 227 g/mol. The molecule has 2 heterocycles. The fourth-order valence-corrected chi connectivity index (χ4v) is 1.57. The van der Waals surface area contributed by atoms with Gasteiger partial charge in [-0.15, -0.1) is 5.10 Å². The standard InChI is InChI=1S/C10H9N7/c1-2-4-9-8(3-1)7(5-11-9)6-12-13-10-14-16-17-15-10/h1-6,11H,(H2,13,14,15,16,17). The number of hydrogen-bond donors (Lipinski definition) is 3. The quantitative estimate of drug-likeness (QED) is 0.461. The smallest absolute Gasteiger partial charge is 0.283 e. The van der Waals surface area contributed by atoms with Crippen molar-refractivity contribution >= 4 is 23.1 Å². The first-order valence-corrected chi connectivity index (χ1v) is 5.02. The van der Waals surface area contributed by atoms with Crippen LogP contribution in [-0.4, -0.2) is 31.8 Å². The van der Waals surface area contributed by atoms with E-state index in [1.54, 1.807) is 6.21 Å². The second kappa shape index (κ2) is 4.05. The lowest BCUT2D eigenvalue weighted by atomic mass is 10.2. The Hall–Kier alpha value is -2.70. The highest BCUT2D eigenvalue weighted by atomic mass is 15.5. The summed E-state index contributed by atoms with van der Waals surface area (Å²) in [6.45, 7) is 0. The Morgan fingerprint density at radius 1 is 1.29 bits per heavy atom. The maximum atomic E-state index is 4.03. The fraction of sp³-hybridized carbons (Fsp3) is 0.